The summed E-state index contributed by atoms with van der Waals surface area (Å²) in [5.74, 6) is -0.636. The van der Waals surface area contributed by atoms with Gasteiger partial charge in [0, 0.05) is 11.3 Å². The minimum Gasteiger partial charge on any atom is -0.396 e. The molecule has 4 fully saturated rings. The molecule has 0 saturated heterocycles. The highest BCUT2D eigenvalue weighted by Gasteiger charge is 2.74. The van der Waals surface area contributed by atoms with E-state index in [0.717, 1.165) is 12.8 Å². The van der Waals surface area contributed by atoms with E-state index < -0.39 is 29.1 Å². The largest absolute Gasteiger partial charge is 0.396 e. The monoisotopic (exact) mass is 350 g/mol. The fraction of sp³-hybridized carbons (Fsp3) is 0.850. The van der Waals surface area contributed by atoms with Gasteiger partial charge in [0.15, 0.2) is 5.78 Å². The van der Waals surface area contributed by atoms with Gasteiger partial charge in [0.05, 0.1) is 30.3 Å². The summed E-state index contributed by atoms with van der Waals surface area (Å²) < 4.78 is 0. The molecule has 0 aromatic carbocycles. The number of aliphatic hydroxyl groups is 4. The van der Waals surface area contributed by atoms with Crippen molar-refractivity contribution in [2.75, 3.05) is 6.61 Å². The van der Waals surface area contributed by atoms with Crippen molar-refractivity contribution in [1.29, 1.82) is 0 Å². The fourth-order valence-electron chi connectivity index (χ4n) is 7.37. The molecule has 5 heteroatoms. The summed E-state index contributed by atoms with van der Waals surface area (Å²) in [6.07, 6.45) is 0.672. The highest BCUT2D eigenvalue weighted by atomic mass is 16.3. The molecule has 5 nitrogen and oxygen atoms in total. The van der Waals surface area contributed by atoms with Crippen molar-refractivity contribution >= 4 is 5.78 Å². The van der Waals surface area contributed by atoms with E-state index in [9.17, 15) is 25.2 Å². The molecule has 4 saturated carbocycles. The van der Waals surface area contributed by atoms with Gasteiger partial charge in [-0.2, -0.15) is 0 Å². The number of rotatable bonds is 1. The first kappa shape index (κ1) is 17.7. The Hall–Kier alpha value is -0.750. The Morgan fingerprint density at radius 2 is 1.76 bits per heavy atom. The van der Waals surface area contributed by atoms with Crippen LogP contribution in [0.5, 0.6) is 0 Å². The third kappa shape index (κ3) is 1.76. The van der Waals surface area contributed by atoms with Gasteiger partial charge in [-0.05, 0) is 54.9 Å². The summed E-state index contributed by atoms with van der Waals surface area (Å²) in [4.78, 5) is 13.2. The molecular formula is C20H30O5. The van der Waals surface area contributed by atoms with E-state index in [0.29, 0.717) is 24.8 Å². The van der Waals surface area contributed by atoms with Crippen LogP contribution in [0.3, 0.4) is 0 Å². The Bertz CT molecular complexity index is 632. The first-order chi connectivity index (χ1) is 11.7. The van der Waals surface area contributed by atoms with Gasteiger partial charge in [-0.1, -0.05) is 20.4 Å². The van der Waals surface area contributed by atoms with E-state index in [-0.39, 0.29) is 35.6 Å². The maximum Gasteiger partial charge on any atom is 0.170 e. The summed E-state index contributed by atoms with van der Waals surface area (Å²) in [5.41, 5.74) is -1.68. The van der Waals surface area contributed by atoms with Gasteiger partial charge in [0.2, 0.25) is 0 Å². The molecule has 0 aliphatic heterocycles. The van der Waals surface area contributed by atoms with Crippen molar-refractivity contribution in [2.24, 2.45) is 34.0 Å². The second-order valence-corrected chi connectivity index (χ2v) is 9.50. The molecule has 140 valence electrons. The second-order valence-electron chi connectivity index (χ2n) is 9.50. The summed E-state index contributed by atoms with van der Waals surface area (Å²) in [6, 6.07) is 0. The summed E-state index contributed by atoms with van der Waals surface area (Å²) >= 11 is 0. The molecule has 1 spiro atoms. The van der Waals surface area contributed by atoms with E-state index in [4.69, 9.17) is 0 Å². The Morgan fingerprint density at radius 1 is 1.08 bits per heavy atom. The molecule has 4 N–H and O–H groups in total. The van der Waals surface area contributed by atoms with E-state index in [1.165, 1.54) is 0 Å². The van der Waals surface area contributed by atoms with Gasteiger partial charge in [-0.25, -0.2) is 0 Å². The molecule has 4 aliphatic rings. The lowest BCUT2D eigenvalue weighted by molar-refractivity contribution is -0.246. The number of fused-ring (bicyclic) bond motifs is 3. The van der Waals surface area contributed by atoms with Crippen LogP contribution in [0.4, 0.5) is 0 Å². The third-order valence-corrected chi connectivity index (χ3v) is 8.80. The highest BCUT2D eigenvalue weighted by Crippen LogP contribution is 2.70. The molecule has 4 rings (SSSR count). The molecule has 4 aliphatic carbocycles. The van der Waals surface area contributed by atoms with Gasteiger partial charge >= 0.3 is 0 Å². The lowest BCUT2D eigenvalue weighted by Gasteiger charge is -2.66. The molecule has 0 heterocycles. The van der Waals surface area contributed by atoms with E-state index >= 15 is 0 Å². The maximum absolute atomic E-state index is 13.2. The Kier molecular flexibility index (Phi) is 3.64. The average molecular weight is 350 g/mol. The molecule has 25 heavy (non-hydrogen) atoms. The van der Waals surface area contributed by atoms with Crippen LogP contribution in [0.15, 0.2) is 12.2 Å². The maximum atomic E-state index is 13.2. The van der Waals surface area contributed by atoms with Crippen LogP contribution in [0.25, 0.3) is 0 Å². The highest BCUT2D eigenvalue weighted by molar-refractivity contribution is 6.04. The predicted molar refractivity (Wildman–Crippen MR) is 91.5 cm³/mol. The third-order valence-electron chi connectivity index (χ3n) is 8.80. The average Bonchev–Trinajstić information content (AvgIpc) is 2.70. The Morgan fingerprint density at radius 3 is 2.40 bits per heavy atom. The number of Topliss-reactive ketones (excluding diaryl/α,β-unsaturated/α-hetero) is 1. The molecule has 0 amide bonds. The first-order valence-corrected chi connectivity index (χ1v) is 9.54. The molecule has 2 bridgehead atoms. The summed E-state index contributed by atoms with van der Waals surface area (Å²) in [5, 5.41) is 42.8. The van der Waals surface area contributed by atoms with E-state index in [1.807, 2.05) is 6.92 Å². The zero-order valence-electron chi connectivity index (χ0n) is 15.1. The summed E-state index contributed by atoms with van der Waals surface area (Å²) in [7, 11) is 0. The molecule has 9 atom stereocenters. The van der Waals surface area contributed by atoms with Crippen molar-refractivity contribution in [3.8, 4) is 0 Å². The zero-order valence-corrected chi connectivity index (χ0v) is 15.1. The number of hydrogen-bond acceptors (Lipinski definition) is 5. The van der Waals surface area contributed by atoms with Crippen molar-refractivity contribution in [3.05, 3.63) is 12.2 Å². The van der Waals surface area contributed by atoms with Crippen LogP contribution in [-0.4, -0.2) is 51.1 Å². The van der Waals surface area contributed by atoms with Crippen LogP contribution < -0.4 is 0 Å². The number of hydrogen-bond donors (Lipinski definition) is 4. The molecule has 9 unspecified atom stereocenters. The molecule has 0 aromatic heterocycles. The van der Waals surface area contributed by atoms with Gasteiger partial charge < -0.3 is 20.4 Å². The van der Waals surface area contributed by atoms with Crippen molar-refractivity contribution in [2.45, 2.75) is 64.3 Å². The summed E-state index contributed by atoms with van der Waals surface area (Å²) in [6.45, 7) is 7.81. The predicted octanol–water partition coefficient (Wildman–Crippen LogP) is 1.04. The van der Waals surface area contributed by atoms with Gasteiger partial charge in [-0.3, -0.25) is 4.79 Å². The Balaban J connectivity index is 1.87. The minimum absolute atomic E-state index is 0.0928. The minimum atomic E-state index is -1.15. The molecule has 0 radical (unpaired) electrons. The SMILES string of the molecule is C=C1C(=O)C23C(O)CC4C(C)(CO)C(O)CCC4(C)C2CCC1C3O. The number of carbonyl (C=O) groups excluding carboxylic acids is 1. The standard InChI is InChI=1S/C20H30O5/c1-10-11-4-5-12-18(2)7-6-14(22)19(3,9-21)13(18)8-15(23)20(12,16(10)24)17(11)25/h11-15,17,21-23,25H,1,4-9H2,2-3H3. The fourth-order valence-corrected chi connectivity index (χ4v) is 7.37. The van der Waals surface area contributed by atoms with E-state index in [2.05, 4.69) is 13.5 Å². The van der Waals surface area contributed by atoms with Gasteiger partial charge in [0.1, 0.15) is 0 Å². The van der Waals surface area contributed by atoms with Crippen LogP contribution in [0.1, 0.15) is 46.0 Å². The van der Waals surface area contributed by atoms with Crippen LogP contribution >= 0.6 is 0 Å². The number of aliphatic hydroxyl groups excluding tert-OH is 4. The number of ketones is 1. The topological polar surface area (TPSA) is 98.0 Å². The lowest BCUT2D eigenvalue weighted by Crippen LogP contribution is -2.69. The smallest absolute Gasteiger partial charge is 0.170 e. The molecular weight excluding hydrogens is 320 g/mol. The second kappa shape index (κ2) is 5.16. The van der Waals surface area contributed by atoms with Crippen molar-refractivity contribution in [1.82, 2.24) is 0 Å². The number of carbonyl (C=O) groups is 1. The Labute approximate surface area is 148 Å². The quantitative estimate of drug-likeness (QED) is 0.530. The van der Waals surface area contributed by atoms with Crippen LogP contribution in [0.2, 0.25) is 0 Å². The van der Waals surface area contributed by atoms with Crippen molar-refractivity contribution < 1.29 is 25.2 Å². The van der Waals surface area contributed by atoms with E-state index in [1.54, 1.807) is 0 Å². The lowest BCUT2D eigenvalue weighted by atomic mass is 9.39. The van der Waals surface area contributed by atoms with Gasteiger partial charge in [0.25, 0.3) is 0 Å². The van der Waals surface area contributed by atoms with Crippen LogP contribution in [0, 0.1) is 34.0 Å². The first-order valence-electron chi connectivity index (χ1n) is 9.54. The molecule has 0 aromatic rings. The van der Waals surface area contributed by atoms with Gasteiger partial charge in [-0.15, -0.1) is 0 Å². The van der Waals surface area contributed by atoms with Crippen LogP contribution in [-0.2, 0) is 4.79 Å². The normalized spacial score (nSPS) is 58.0. The zero-order chi connectivity index (χ0) is 18.4. The van der Waals surface area contributed by atoms with Crippen molar-refractivity contribution in [3.63, 3.8) is 0 Å².